The van der Waals surface area contributed by atoms with Crippen molar-refractivity contribution < 1.29 is 13.9 Å². The molecule has 0 aliphatic carbocycles. The Hall–Kier alpha value is -3.35. The maximum atomic E-state index is 14.5. The van der Waals surface area contributed by atoms with Gasteiger partial charge in [-0.25, -0.2) is 9.40 Å². The highest BCUT2D eigenvalue weighted by Gasteiger charge is 2.32. The van der Waals surface area contributed by atoms with Crippen molar-refractivity contribution in [3.8, 4) is 5.75 Å². The number of hydrazone groups is 1. The van der Waals surface area contributed by atoms with Gasteiger partial charge in [0.15, 0.2) is 0 Å². The SMILES string of the molecule is COc1ccc(C2=NN(C(C)=O)[C@@H](c3ccc4nccnc4c3)C2)c(F)c1. The highest BCUT2D eigenvalue weighted by atomic mass is 19.1. The summed E-state index contributed by atoms with van der Waals surface area (Å²) < 4.78 is 19.5. The molecule has 0 N–H and O–H groups in total. The molecule has 0 saturated heterocycles. The van der Waals surface area contributed by atoms with Gasteiger partial charge < -0.3 is 4.74 Å². The van der Waals surface area contributed by atoms with Gasteiger partial charge in [-0.1, -0.05) is 6.07 Å². The maximum Gasteiger partial charge on any atom is 0.240 e. The fourth-order valence-electron chi connectivity index (χ4n) is 3.27. The van der Waals surface area contributed by atoms with Crippen molar-refractivity contribution >= 4 is 22.7 Å². The van der Waals surface area contributed by atoms with E-state index in [1.807, 2.05) is 18.2 Å². The molecule has 1 aliphatic rings. The minimum absolute atomic E-state index is 0.205. The number of nitrogens with zero attached hydrogens (tertiary/aromatic N) is 4. The molecule has 0 saturated carbocycles. The Morgan fingerprint density at radius 1 is 1.15 bits per heavy atom. The van der Waals surface area contributed by atoms with Gasteiger partial charge in [0.1, 0.15) is 11.6 Å². The average molecular weight is 364 g/mol. The number of hydrogen-bond donors (Lipinski definition) is 0. The molecule has 0 bridgehead atoms. The van der Waals surface area contributed by atoms with Crippen molar-refractivity contribution in [2.75, 3.05) is 7.11 Å². The molecule has 3 aromatic rings. The minimum atomic E-state index is -0.429. The number of amides is 1. The first-order valence-corrected chi connectivity index (χ1v) is 8.48. The van der Waals surface area contributed by atoms with Gasteiger partial charge >= 0.3 is 0 Å². The third kappa shape index (κ3) is 3.12. The van der Waals surface area contributed by atoms with Gasteiger partial charge in [0, 0.05) is 37.4 Å². The van der Waals surface area contributed by atoms with Gasteiger partial charge in [-0.15, -0.1) is 0 Å². The Labute approximate surface area is 155 Å². The van der Waals surface area contributed by atoms with E-state index in [-0.39, 0.29) is 11.9 Å². The van der Waals surface area contributed by atoms with Crippen molar-refractivity contribution in [1.82, 2.24) is 15.0 Å². The second kappa shape index (κ2) is 6.75. The molecule has 1 amide bonds. The Balaban J connectivity index is 1.71. The summed E-state index contributed by atoms with van der Waals surface area (Å²) in [5.74, 6) is -0.201. The van der Waals surface area contributed by atoms with Crippen molar-refractivity contribution in [2.24, 2.45) is 5.10 Å². The second-order valence-corrected chi connectivity index (χ2v) is 6.28. The Bertz CT molecular complexity index is 1070. The van der Waals surface area contributed by atoms with Crippen LogP contribution in [-0.4, -0.2) is 33.7 Å². The fraction of sp³-hybridized carbons (Fsp3) is 0.200. The third-order valence-corrected chi connectivity index (χ3v) is 4.60. The van der Waals surface area contributed by atoms with Gasteiger partial charge in [-0.2, -0.15) is 5.10 Å². The van der Waals surface area contributed by atoms with Crippen LogP contribution in [0.3, 0.4) is 0 Å². The lowest BCUT2D eigenvalue weighted by Gasteiger charge is -2.20. The molecule has 4 rings (SSSR count). The maximum absolute atomic E-state index is 14.5. The zero-order valence-corrected chi connectivity index (χ0v) is 14.9. The molecule has 1 aliphatic heterocycles. The van der Waals surface area contributed by atoms with Crippen LogP contribution < -0.4 is 4.74 Å². The number of ether oxygens (including phenoxy) is 1. The summed E-state index contributed by atoms with van der Waals surface area (Å²) in [7, 11) is 1.48. The lowest BCUT2D eigenvalue weighted by molar-refractivity contribution is -0.130. The number of carbonyl (C=O) groups is 1. The topological polar surface area (TPSA) is 67.7 Å². The molecule has 2 heterocycles. The van der Waals surface area contributed by atoms with Crippen molar-refractivity contribution in [1.29, 1.82) is 0 Å². The number of halogens is 1. The molecular weight excluding hydrogens is 347 g/mol. The zero-order chi connectivity index (χ0) is 19.0. The first-order valence-electron chi connectivity index (χ1n) is 8.48. The molecule has 0 spiro atoms. The molecule has 0 fully saturated rings. The zero-order valence-electron chi connectivity index (χ0n) is 14.9. The Kier molecular flexibility index (Phi) is 4.27. The van der Waals surface area contributed by atoms with E-state index in [9.17, 15) is 9.18 Å². The molecule has 1 atom stereocenters. The third-order valence-electron chi connectivity index (χ3n) is 4.60. The highest BCUT2D eigenvalue weighted by molar-refractivity contribution is 6.03. The molecule has 7 heteroatoms. The van der Waals surface area contributed by atoms with Crippen LogP contribution in [-0.2, 0) is 4.79 Å². The number of hydrogen-bond acceptors (Lipinski definition) is 5. The van der Waals surface area contributed by atoms with Crippen LogP contribution in [0.1, 0.15) is 30.5 Å². The molecule has 0 unspecified atom stereocenters. The lowest BCUT2D eigenvalue weighted by Crippen LogP contribution is -2.24. The Morgan fingerprint density at radius 2 is 1.93 bits per heavy atom. The first-order chi connectivity index (χ1) is 13.1. The van der Waals surface area contributed by atoms with E-state index in [1.165, 1.54) is 25.1 Å². The molecule has 1 aromatic heterocycles. The number of rotatable bonds is 3. The standard InChI is InChI=1S/C20H17FN4O2/c1-12(26)25-20(13-3-6-17-19(9-13)23-8-7-22-17)11-18(24-25)15-5-4-14(27-2)10-16(15)21/h3-10,20H,11H2,1-2H3/t20-/m1/s1. The number of benzene rings is 2. The quantitative estimate of drug-likeness (QED) is 0.714. The number of aromatic nitrogens is 2. The van der Waals surface area contributed by atoms with E-state index in [4.69, 9.17) is 4.74 Å². The predicted octanol–water partition coefficient (Wildman–Crippen LogP) is 3.48. The highest BCUT2D eigenvalue weighted by Crippen LogP contribution is 2.34. The molecule has 2 aromatic carbocycles. The van der Waals surface area contributed by atoms with E-state index >= 15 is 0 Å². The van der Waals surface area contributed by atoms with Crippen molar-refractivity contribution in [3.05, 3.63) is 65.7 Å². The van der Waals surface area contributed by atoms with E-state index in [0.717, 1.165) is 16.6 Å². The number of methoxy groups -OCH3 is 1. The van der Waals surface area contributed by atoms with Gasteiger partial charge in [0.25, 0.3) is 0 Å². The molecule has 136 valence electrons. The van der Waals surface area contributed by atoms with Crippen LogP contribution in [0.2, 0.25) is 0 Å². The van der Waals surface area contributed by atoms with Crippen molar-refractivity contribution in [2.45, 2.75) is 19.4 Å². The predicted molar refractivity (Wildman–Crippen MR) is 98.9 cm³/mol. The monoisotopic (exact) mass is 364 g/mol. The van der Waals surface area contributed by atoms with Crippen LogP contribution in [0.15, 0.2) is 53.9 Å². The van der Waals surface area contributed by atoms with Crippen LogP contribution in [0.25, 0.3) is 11.0 Å². The summed E-state index contributed by atoms with van der Waals surface area (Å²) in [5, 5.41) is 5.79. The van der Waals surface area contributed by atoms with Gasteiger partial charge in [0.05, 0.1) is 29.9 Å². The summed E-state index contributed by atoms with van der Waals surface area (Å²) in [5.41, 5.74) is 3.28. The van der Waals surface area contributed by atoms with Gasteiger partial charge in [0.2, 0.25) is 5.91 Å². The van der Waals surface area contributed by atoms with Crippen LogP contribution in [0.5, 0.6) is 5.75 Å². The summed E-state index contributed by atoms with van der Waals surface area (Å²) >= 11 is 0. The summed E-state index contributed by atoms with van der Waals surface area (Å²) in [4.78, 5) is 20.7. The Morgan fingerprint density at radius 3 is 2.63 bits per heavy atom. The first kappa shape index (κ1) is 17.1. The normalized spacial score (nSPS) is 16.5. The second-order valence-electron chi connectivity index (χ2n) is 6.28. The van der Waals surface area contributed by atoms with E-state index in [2.05, 4.69) is 15.1 Å². The molecule has 0 radical (unpaired) electrons. The van der Waals surface area contributed by atoms with E-state index in [1.54, 1.807) is 24.5 Å². The van der Waals surface area contributed by atoms with Crippen LogP contribution in [0, 0.1) is 5.82 Å². The molecule has 6 nitrogen and oxygen atoms in total. The average Bonchev–Trinajstić information content (AvgIpc) is 3.13. The summed E-state index contributed by atoms with van der Waals surface area (Å²) in [6.07, 6.45) is 3.67. The van der Waals surface area contributed by atoms with Crippen molar-refractivity contribution in [3.63, 3.8) is 0 Å². The van der Waals surface area contributed by atoms with Gasteiger partial charge in [-0.3, -0.25) is 14.8 Å². The largest absolute Gasteiger partial charge is 0.497 e. The summed E-state index contributed by atoms with van der Waals surface area (Å²) in [6, 6.07) is 9.96. The summed E-state index contributed by atoms with van der Waals surface area (Å²) in [6.45, 7) is 1.45. The fourth-order valence-corrected chi connectivity index (χ4v) is 3.27. The molecular formula is C20H17FN4O2. The van der Waals surface area contributed by atoms with Crippen LogP contribution >= 0.6 is 0 Å². The minimum Gasteiger partial charge on any atom is -0.497 e. The van der Waals surface area contributed by atoms with Gasteiger partial charge in [-0.05, 0) is 29.8 Å². The van der Waals surface area contributed by atoms with E-state index < -0.39 is 5.82 Å². The number of carbonyl (C=O) groups excluding carboxylic acids is 1. The molecule has 27 heavy (non-hydrogen) atoms. The van der Waals surface area contributed by atoms with Crippen LogP contribution in [0.4, 0.5) is 4.39 Å². The smallest absolute Gasteiger partial charge is 0.240 e. The lowest BCUT2D eigenvalue weighted by atomic mass is 9.97. The number of fused-ring (bicyclic) bond motifs is 1. The van der Waals surface area contributed by atoms with E-state index in [0.29, 0.717) is 23.4 Å².